The topological polar surface area (TPSA) is 128 Å². The number of hydrogen-bond acceptors (Lipinski definition) is 7. The highest BCUT2D eigenvalue weighted by Gasteiger charge is 2.30. The molecule has 0 spiro atoms. The lowest BCUT2D eigenvalue weighted by Crippen LogP contribution is -2.49. The first-order valence-electron chi connectivity index (χ1n) is 10.5. The summed E-state index contributed by atoms with van der Waals surface area (Å²) in [5, 5.41) is 17.6. The zero-order valence-electron chi connectivity index (χ0n) is 18.0. The molecule has 2 amide bonds. The summed E-state index contributed by atoms with van der Waals surface area (Å²) in [5.41, 5.74) is 3.74. The number of nitrogens with one attached hydrogen (secondary N) is 2. The molecule has 3 N–H and O–H groups in total. The van der Waals surface area contributed by atoms with Crippen LogP contribution in [0.25, 0.3) is 5.65 Å². The Balaban J connectivity index is 0.000000775. The van der Waals surface area contributed by atoms with Crippen molar-refractivity contribution in [1.29, 1.82) is 0 Å². The van der Waals surface area contributed by atoms with Crippen LogP contribution in [0.2, 0.25) is 0 Å². The van der Waals surface area contributed by atoms with Crippen molar-refractivity contribution in [3.05, 3.63) is 42.0 Å². The number of anilines is 3. The molecule has 0 saturated carbocycles. The van der Waals surface area contributed by atoms with E-state index in [1.807, 2.05) is 19.1 Å². The van der Waals surface area contributed by atoms with Gasteiger partial charge in [-0.15, -0.1) is 0 Å². The van der Waals surface area contributed by atoms with Crippen LogP contribution in [0.15, 0.2) is 30.6 Å². The smallest absolute Gasteiger partial charge is 0.327 e. The van der Waals surface area contributed by atoms with Crippen molar-refractivity contribution >= 4 is 35.3 Å². The van der Waals surface area contributed by atoms with Gasteiger partial charge < -0.3 is 20.6 Å². The van der Waals surface area contributed by atoms with E-state index in [1.54, 1.807) is 21.8 Å². The number of carbonyl (C=O) groups is 2. The minimum atomic E-state index is -0.250. The van der Waals surface area contributed by atoms with Gasteiger partial charge in [0.05, 0.1) is 0 Å². The maximum absolute atomic E-state index is 13.0. The second-order valence-corrected chi connectivity index (χ2v) is 7.75. The van der Waals surface area contributed by atoms with E-state index < -0.39 is 0 Å². The number of urea groups is 1. The Hall–Kier alpha value is -3.73. The molecule has 1 atom stereocenters. The monoisotopic (exact) mass is 438 g/mol. The molecule has 2 aliphatic heterocycles. The van der Waals surface area contributed by atoms with E-state index >= 15 is 0 Å². The molecule has 0 aromatic carbocycles. The van der Waals surface area contributed by atoms with Gasteiger partial charge in [-0.25, -0.2) is 19.3 Å². The van der Waals surface area contributed by atoms with Gasteiger partial charge in [0.15, 0.2) is 5.65 Å². The van der Waals surface area contributed by atoms with Crippen molar-refractivity contribution in [2.24, 2.45) is 0 Å². The van der Waals surface area contributed by atoms with E-state index in [4.69, 9.17) is 9.90 Å². The molecule has 168 valence electrons. The van der Waals surface area contributed by atoms with E-state index in [2.05, 4.69) is 43.6 Å². The molecule has 3 aromatic rings. The summed E-state index contributed by atoms with van der Waals surface area (Å²) in [7, 11) is 0. The Morgan fingerprint density at radius 2 is 2.16 bits per heavy atom. The maximum Gasteiger partial charge on any atom is 0.327 e. The van der Waals surface area contributed by atoms with Crippen molar-refractivity contribution in [2.75, 3.05) is 41.3 Å². The van der Waals surface area contributed by atoms with E-state index in [9.17, 15) is 4.79 Å². The molecule has 5 heterocycles. The number of carbonyl (C=O) groups excluding carboxylic acids is 1. The predicted octanol–water partition coefficient (Wildman–Crippen LogP) is 1.53. The number of fused-ring (bicyclic) bond motifs is 2. The molecule has 2 aliphatic rings. The molecule has 5 rings (SSSR count). The minimum Gasteiger partial charge on any atom is -0.483 e. The second-order valence-electron chi connectivity index (χ2n) is 7.75. The van der Waals surface area contributed by atoms with Gasteiger partial charge in [-0.1, -0.05) is 0 Å². The van der Waals surface area contributed by atoms with Crippen molar-refractivity contribution < 1.29 is 14.7 Å². The highest BCUT2D eigenvalue weighted by atomic mass is 16.3. The highest BCUT2D eigenvalue weighted by Crippen LogP contribution is 2.34. The molecule has 0 bridgehead atoms. The van der Waals surface area contributed by atoms with Crippen LogP contribution in [-0.4, -0.2) is 69.4 Å². The number of pyridine rings is 2. The summed E-state index contributed by atoms with van der Waals surface area (Å²) in [6.07, 6.45) is 4.41. The van der Waals surface area contributed by atoms with Gasteiger partial charge in [-0.05, 0) is 32.4 Å². The molecular formula is C21H26N8O3. The predicted molar refractivity (Wildman–Crippen MR) is 120 cm³/mol. The van der Waals surface area contributed by atoms with E-state index in [1.165, 1.54) is 5.69 Å². The number of hydrogen-bond donors (Lipinski definition) is 3. The molecule has 11 heteroatoms. The van der Waals surface area contributed by atoms with Crippen LogP contribution in [0.4, 0.5) is 22.0 Å². The Morgan fingerprint density at radius 3 is 2.94 bits per heavy atom. The second kappa shape index (κ2) is 9.18. The van der Waals surface area contributed by atoms with Crippen molar-refractivity contribution in [3.63, 3.8) is 0 Å². The molecule has 32 heavy (non-hydrogen) atoms. The highest BCUT2D eigenvalue weighted by molar-refractivity contribution is 6.03. The van der Waals surface area contributed by atoms with Gasteiger partial charge >= 0.3 is 6.03 Å². The molecule has 3 aromatic heterocycles. The van der Waals surface area contributed by atoms with Crippen LogP contribution in [0.3, 0.4) is 0 Å². The Morgan fingerprint density at radius 1 is 1.34 bits per heavy atom. The summed E-state index contributed by atoms with van der Waals surface area (Å²) < 4.78 is 1.69. The maximum atomic E-state index is 13.0. The molecule has 11 nitrogen and oxygen atoms in total. The molecular weight excluding hydrogens is 412 g/mol. The fourth-order valence-electron chi connectivity index (χ4n) is 4.18. The summed E-state index contributed by atoms with van der Waals surface area (Å²) >= 11 is 0. The molecule has 0 radical (unpaired) electrons. The van der Waals surface area contributed by atoms with Gasteiger partial charge in [0.2, 0.25) is 0 Å². The third-order valence-corrected chi connectivity index (χ3v) is 5.50. The first-order valence-corrected chi connectivity index (χ1v) is 10.5. The molecule has 1 fully saturated rings. The molecule has 0 unspecified atom stereocenters. The normalized spacial score (nSPS) is 17.5. The number of amides is 2. The fourth-order valence-corrected chi connectivity index (χ4v) is 4.18. The van der Waals surface area contributed by atoms with Gasteiger partial charge in [-0.3, -0.25) is 9.69 Å². The van der Waals surface area contributed by atoms with Crippen LogP contribution in [0, 0.1) is 6.92 Å². The standard InChI is InChI=1S/C20H24N8O.CH2O2/c1-13-12-26(10-7-21-13)17-3-6-22-19-16(17)5-8-27(19)20(29)24-15-4-9-28-18(11-15)23-14(2)25-28;2-1-3/h3-4,6,9,11,13,21H,5,7-8,10,12H2,1-2H3,(H,24,29);1H,(H,2,3)/t13-;/m1./s1. The molecule has 1 saturated heterocycles. The van der Waals surface area contributed by atoms with E-state index in [-0.39, 0.29) is 12.5 Å². The van der Waals surface area contributed by atoms with Crippen LogP contribution in [0.1, 0.15) is 18.3 Å². The average Bonchev–Trinajstić information content (AvgIpc) is 3.36. The van der Waals surface area contributed by atoms with Crippen molar-refractivity contribution in [3.8, 4) is 0 Å². The van der Waals surface area contributed by atoms with E-state index in [0.29, 0.717) is 29.7 Å². The lowest BCUT2D eigenvalue weighted by atomic mass is 10.1. The Kier molecular flexibility index (Phi) is 6.17. The third-order valence-electron chi connectivity index (χ3n) is 5.50. The zero-order valence-corrected chi connectivity index (χ0v) is 18.0. The van der Waals surface area contributed by atoms with E-state index in [0.717, 1.165) is 37.4 Å². The number of carboxylic acid groups (broad SMARTS) is 1. The fraction of sp³-hybridized carbons (Fsp3) is 0.381. The third kappa shape index (κ3) is 4.33. The summed E-state index contributed by atoms with van der Waals surface area (Å²) in [5.74, 6) is 1.45. The average molecular weight is 438 g/mol. The minimum absolute atomic E-state index is 0.178. The summed E-state index contributed by atoms with van der Waals surface area (Å²) in [4.78, 5) is 34.3. The SMILES string of the molecule is Cc1nc2cc(NC(=O)N3CCc4c(N5CCN[C@H](C)C5)ccnc43)ccn2n1.O=CO. The largest absolute Gasteiger partial charge is 0.483 e. The Bertz CT molecular complexity index is 1130. The number of aryl methyl sites for hydroxylation is 1. The lowest BCUT2D eigenvalue weighted by Gasteiger charge is -2.34. The first-order chi connectivity index (χ1) is 15.5. The van der Waals surface area contributed by atoms with Crippen LogP contribution in [-0.2, 0) is 11.2 Å². The number of nitrogens with zero attached hydrogens (tertiary/aromatic N) is 6. The number of aromatic nitrogens is 4. The summed E-state index contributed by atoms with van der Waals surface area (Å²) in [6, 6.07) is 5.98. The van der Waals surface area contributed by atoms with Gasteiger partial charge in [0, 0.05) is 67.6 Å². The van der Waals surface area contributed by atoms with Crippen LogP contribution in [0.5, 0.6) is 0 Å². The number of rotatable bonds is 2. The zero-order chi connectivity index (χ0) is 22.7. The van der Waals surface area contributed by atoms with Gasteiger partial charge in [-0.2, -0.15) is 5.10 Å². The summed E-state index contributed by atoms with van der Waals surface area (Å²) in [6.45, 7) is 7.30. The first kappa shape index (κ1) is 21.5. The quantitative estimate of drug-likeness (QED) is 0.514. The Labute approximate surface area is 185 Å². The number of piperazine rings is 1. The van der Waals surface area contributed by atoms with Gasteiger partial charge in [0.25, 0.3) is 6.47 Å². The van der Waals surface area contributed by atoms with Crippen molar-refractivity contribution in [1.82, 2.24) is 24.9 Å². The van der Waals surface area contributed by atoms with Crippen LogP contribution < -0.4 is 20.4 Å². The van der Waals surface area contributed by atoms with Gasteiger partial charge in [0.1, 0.15) is 11.6 Å². The molecule has 0 aliphatic carbocycles. The van der Waals surface area contributed by atoms with Crippen LogP contribution >= 0.6 is 0 Å². The van der Waals surface area contributed by atoms with Crippen molar-refractivity contribution in [2.45, 2.75) is 26.3 Å². The lowest BCUT2D eigenvalue weighted by molar-refractivity contribution is -0.122.